The fourth-order valence-corrected chi connectivity index (χ4v) is 4.05. The van der Waals surface area contributed by atoms with Gasteiger partial charge in [-0.1, -0.05) is 30.3 Å². The van der Waals surface area contributed by atoms with Crippen molar-refractivity contribution >= 4 is 11.8 Å². The standard InChI is InChI=1S/C22H32N2O3/c1-23(17-19-7-3-2-4-8-19)21(25)11-10-18-12-14-24(15-13-18)22(26)20-9-5-6-16-27-20/h2-4,7-8,18,20H,5-6,9-17H2,1H3/t20-/m1/s1. The zero-order valence-corrected chi connectivity index (χ0v) is 16.4. The summed E-state index contributed by atoms with van der Waals surface area (Å²) in [6.07, 6.45) is 6.30. The Kier molecular flexibility index (Phi) is 7.27. The van der Waals surface area contributed by atoms with Crippen LogP contribution < -0.4 is 0 Å². The van der Waals surface area contributed by atoms with Crippen LogP contribution in [0.5, 0.6) is 0 Å². The molecule has 1 aromatic rings. The van der Waals surface area contributed by atoms with Crippen LogP contribution in [-0.4, -0.2) is 54.5 Å². The molecule has 2 heterocycles. The zero-order chi connectivity index (χ0) is 19.1. The van der Waals surface area contributed by atoms with Crippen LogP contribution in [0.15, 0.2) is 30.3 Å². The molecule has 148 valence electrons. The number of hydrogen-bond acceptors (Lipinski definition) is 3. The number of carbonyl (C=O) groups excluding carboxylic acids is 2. The van der Waals surface area contributed by atoms with Crippen LogP contribution >= 0.6 is 0 Å². The van der Waals surface area contributed by atoms with Gasteiger partial charge in [0.15, 0.2) is 0 Å². The van der Waals surface area contributed by atoms with E-state index in [-0.39, 0.29) is 17.9 Å². The van der Waals surface area contributed by atoms with Gasteiger partial charge >= 0.3 is 0 Å². The highest BCUT2D eigenvalue weighted by Gasteiger charge is 2.30. The number of nitrogens with zero attached hydrogens (tertiary/aromatic N) is 2. The minimum Gasteiger partial charge on any atom is -0.368 e. The summed E-state index contributed by atoms with van der Waals surface area (Å²) in [6.45, 7) is 2.98. The van der Waals surface area contributed by atoms with Crippen molar-refractivity contribution < 1.29 is 14.3 Å². The number of ether oxygens (including phenoxy) is 1. The Balaban J connectivity index is 1.36. The molecule has 0 unspecified atom stereocenters. The summed E-state index contributed by atoms with van der Waals surface area (Å²) in [6, 6.07) is 10.1. The molecule has 2 fully saturated rings. The van der Waals surface area contributed by atoms with Crippen LogP contribution in [0.25, 0.3) is 0 Å². The number of piperidine rings is 1. The Hall–Kier alpha value is -1.88. The average Bonchev–Trinajstić information content (AvgIpc) is 2.73. The van der Waals surface area contributed by atoms with Crippen LogP contribution in [0.3, 0.4) is 0 Å². The molecule has 1 aromatic carbocycles. The summed E-state index contributed by atoms with van der Waals surface area (Å²) in [5.74, 6) is 0.912. The maximum absolute atomic E-state index is 12.5. The second-order valence-electron chi connectivity index (χ2n) is 7.90. The predicted octanol–water partition coefficient (Wildman–Crippen LogP) is 3.23. The third-order valence-electron chi connectivity index (χ3n) is 5.84. The van der Waals surface area contributed by atoms with Crippen LogP contribution in [-0.2, 0) is 20.9 Å². The molecule has 0 aliphatic carbocycles. The number of hydrogen-bond donors (Lipinski definition) is 0. The Labute approximate surface area is 162 Å². The first-order chi connectivity index (χ1) is 13.1. The lowest BCUT2D eigenvalue weighted by molar-refractivity contribution is -0.148. The Bertz CT molecular complexity index is 605. The topological polar surface area (TPSA) is 49.9 Å². The average molecular weight is 373 g/mol. The molecule has 0 bridgehead atoms. The molecule has 0 aromatic heterocycles. The molecular weight excluding hydrogens is 340 g/mol. The van der Waals surface area contributed by atoms with Gasteiger partial charge < -0.3 is 14.5 Å². The lowest BCUT2D eigenvalue weighted by atomic mass is 9.91. The predicted molar refractivity (Wildman–Crippen MR) is 105 cm³/mol. The minimum atomic E-state index is -0.219. The molecule has 0 N–H and O–H groups in total. The maximum Gasteiger partial charge on any atom is 0.251 e. The fraction of sp³-hybridized carbons (Fsp3) is 0.636. The Morgan fingerprint density at radius 3 is 2.52 bits per heavy atom. The normalized spacial score (nSPS) is 21.1. The van der Waals surface area contributed by atoms with E-state index < -0.39 is 0 Å². The first-order valence-corrected chi connectivity index (χ1v) is 10.3. The van der Waals surface area contributed by atoms with Crippen LogP contribution in [0.2, 0.25) is 0 Å². The van der Waals surface area contributed by atoms with E-state index in [0.717, 1.165) is 57.2 Å². The monoisotopic (exact) mass is 372 g/mol. The molecule has 0 spiro atoms. The lowest BCUT2D eigenvalue weighted by Crippen LogP contribution is -2.45. The molecule has 5 nitrogen and oxygen atoms in total. The Morgan fingerprint density at radius 2 is 1.85 bits per heavy atom. The fourth-order valence-electron chi connectivity index (χ4n) is 4.05. The molecule has 0 saturated carbocycles. The second-order valence-corrected chi connectivity index (χ2v) is 7.90. The van der Waals surface area contributed by atoms with E-state index in [4.69, 9.17) is 4.74 Å². The molecule has 3 rings (SSSR count). The molecule has 5 heteroatoms. The number of benzene rings is 1. The van der Waals surface area contributed by atoms with Gasteiger partial charge in [0, 0.05) is 39.7 Å². The van der Waals surface area contributed by atoms with Crippen molar-refractivity contribution in [1.29, 1.82) is 0 Å². The van der Waals surface area contributed by atoms with Crippen LogP contribution in [0.4, 0.5) is 0 Å². The van der Waals surface area contributed by atoms with Crippen molar-refractivity contribution in [3.05, 3.63) is 35.9 Å². The summed E-state index contributed by atoms with van der Waals surface area (Å²) in [5.41, 5.74) is 1.16. The van der Waals surface area contributed by atoms with Gasteiger partial charge in [-0.2, -0.15) is 0 Å². The highest BCUT2D eigenvalue weighted by Crippen LogP contribution is 2.24. The molecule has 2 saturated heterocycles. The van der Waals surface area contributed by atoms with Gasteiger partial charge in [-0.15, -0.1) is 0 Å². The van der Waals surface area contributed by atoms with Crippen molar-refractivity contribution in [3.8, 4) is 0 Å². The highest BCUT2D eigenvalue weighted by atomic mass is 16.5. The van der Waals surface area contributed by atoms with E-state index in [1.54, 1.807) is 0 Å². The summed E-state index contributed by atoms with van der Waals surface area (Å²) < 4.78 is 5.63. The second kappa shape index (κ2) is 9.88. The largest absolute Gasteiger partial charge is 0.368 e. The van der Waals surface area contributed by atoms with Gasteiger partial charge in [-0.3, -0.25) is 9.59 Å². The van der Waals surface area contributed by atoms with Crippen LogP contribution in [0, 0.1) is 5.92 Å². The first kappa shape index (κ1) is 19.9. The number of rotatable bonds is 6. The summed E-state index contributed by atoms with van der Waals surface area (Å²) in [4.78, 5) is 28.7. The van der Waals surface area contributed by atoms with Gasteiger partial charge in [0.2, 0.25) is 5.91 Å². The summed E-state index contributed by atoms with van der Waals surface area (Å²) in [5, 5.41) is 0. The molecule has 27 heavy (non-hydrogen) atoms. The number of carbonyl (C=O) groups is 2. The zero-order valence-electron chi connectivity index (χ0n) is 16.4. The Morgan fingerprint density at radius 1 is 1.11 bits per heavy atom. The molecule has 2 aliphatic heterocycles. The van der Waals surface area contributed by atoms with Crippen LogP contribution in [0.1, 0.15) is 50.5 Å². The van der Waals surface area contributed by atoms with Gasteiger partial charge in [0.1, 0.15) is 6.10 Å². The van der Waals surface area contributed by atoms with E-state index >= 15 is 0 Å². The van der Waals surface area contributed by atoms with Gasteiger partial charge in [0.25, 0.3) is 5.91 Å². The van der Waals surface area contributed by atoms with E-state index in [2.05, 4.69) is 0 Å². The molecule has 1 atom stereocenters. The van der Waals surface area contributed by atoms with Crippen molar-refractivity contribution in [2.45, 2.75) is 57.6 Å². The molecule has 2 amide bonds. The van der Waals surface area contributed by atoms with Crippen molar-refractivity contribution in [2.24, 2.45) is 5.92 Å². The van der Waals surface area contributed by atoms with Crippen molar-refractivity contribution in [1.82, 2.24) is 9.80 Å². The third kappa shape index (κ3) is 5.80. The number of likely N-dealkylation sites (tertiary alicyclic amines) is 1. The van der Waals surface area contributed by atoms with Crippen molar-refractivity contribution in [2.75, 3.05) is 26.7 Å². The van der Waals surface area contributed by atoms with Gasteiger partial charge in [-0.25, -0.2) is 0 Å². The lowest BCUT2D eigenvalue weighted by Gasteiger charge is -2.35. The van der Waals surface area contributed by atoms with E-state index in [1.807, 2.05) is 47.2 Å². The molecular formula is C22H32N2O3. The summed E-state index contributed by atoms with van der Waals surface area (Å²) in [7, 11) is 1.88. The molecule has 2 aliphatic rings. The number of amides is 2. The first-order valence-electron chi connectivity index (χ1n) is 10.3. The SMILES string of the molecule is CN(Cc1ccccc1)C(=O)CCC1CCN(C(=O)[C@H]2CCCCO2)CC1. The minimum absolute atomic E-state index is 0.173. The quantitative estimate of drug-likeness (QED) is 0.770. The summed E-state index contributed by atoms with van der Waals surface area (Å²) >= 11 is 0. The maximum atomic E-state index is 12.5. The van der Waals surface area contributed by atoms with Crippen molar-refractivity contribution in [3.63, 3.8) is 0 Å². The van der Waals surface area contributed by atoms with E-state index in [1.165, 1.54) is 0 Å². The van der Waals surface area contributed by atoms with Gasteiger partial charge in [0.05, 0.1) is 0 Å². The van der Waals surface area contributed by atoms with E-state index in [9.17, 15) is 9.59 Å². The van der Waals surface area contributed by atoms with E-state index in [0.29, 0.717) is 25.5 Å². The smallest absolute Gasteiger partial charge is 0.251 e. The third-order valence-corrected chi connectivity index (χ3v) is 5.84. The van der Waals surface area contributed by atoms with Gasteiger partial charge in [-0.05, 0) is 50.0 Å². The highest BCUT2D eigenvalue weighted by molar-refractivity contribution is 5.81. The molecule has 0 radical (unpaired) electrons.